The Morgan fingerprint density at radius 2 is 2.11 bits per heavy atom. The number of anilines is 1. The van der Waals surface area contributed by atoms with Crippen LogP contribution < -0.4 is 15.8 Å². The topological polar surface area (TPSA) is 64.3 Å². The minimum atomic E-state index is -0.119. The van der Waals surface area contributed by atoms with Gasteiger partial charge in [-0.05, 0) is 18.6 Å². The fourth-order valence-electron chi connectivity index (χ4n) is 1.72. The van der Waals surface area contributed by atoms with Crippen LogP contribution in [0.1, 0.15) is 43.0 Å². The Kier molecular flexibility index (Phi) is 6.05. The van der Waals surface area contributed by atoms with Gasteiger partial charge in [0.05, 0.1) is 12.7 Å². The van der Waals surface area contributed by atoms with Crippen molar-refractivity contribution in [3.05, 3.63) is 23.8 Å². The quantitative estimate of drug-likeness (QED) is 0.577. The lowest BCUT2D eigenvalue weighted by molar-refractivity contribution is 0.0954. The largest absolute Gasteiger partial charge is 0.497 e. The van der Waals surface area contributed by atoms with Gasteiger partial charge in [-0.15, -0.1) is 0 Å². The van der Waals surface area contributed by atoms with Gasteiger partial charge in [0.15, 0.2) is 0 Å². The van der Waals surface area contributed by atoms with Crippen molar-refractivity contribution in [2.24, 2.45) is 0 Å². The summed E-state index contributed by atoms with van der Waals surface area (Å²) in [5.74, 6) is 0.540. The Morgan fingerprint density at radius 1 is 1.33 bits per heavy atom. The summed E-state index contributed by atoms with van der Waals surface area (Å²) < 4.78 is 5.04. The molecule has 4 nitrogen and oxygen atoms in total. The second kappa shape index (κ2) is 7.58. The van der Waals surface area contributed by atoms with Crippen molar-refractivity contribution in [1.29, 1.82) is 0 Å². The zero-order valence-electron chi connectivity index (χ0n) is 11.2. The molecule has 0 aliphatic rings. The molecule has 18 heavy (non-hydrogen) atoms. The number of nitrogen functional groups attached to an aromatic ring is 1. The molecule has 0 saturated carbocycles. The van der Waals surface area contributed by atoms with Crippen molar-refractivity contribution in [3.63, 3.8) is 0 Å². The molecule has 4 heteroatoms. The van der Waals surface area contributed by atoms with Gasteiger partial charge in [-0.3, -0.25) is 4.79 Å². The highest BCUT2D eigenvalue weighted by Crippen LogP contribution is 2.19. The van der Waals surface area contributed by atoms with Gasteiger partial charge in [0, 0.05) is 18.3 Å². The molecule has 0 saturated heterocycles. The van der Waals surface area contributed by atoms with Crippen LogP contribution in [0.2, 0.25) is 0 Å². The molecule has 1 rings (SSSR count). The Morgan fingerprint density at radius 3 is 2.72 bits per heavy atom. The first-order valence-electron chi connectivity index (χ1n) is 6.40. The molecule has 1 amide bonds. The number of nitrogens with two attached hydrogens (primary N) is 1. The van der Waals surface area contributed by atoms with Gasteiger partial charge in [0.2, 0.25) is 0 Å². The summed E-state index contributed by atoms with van der Waals surface area (Å²) in [5.41, 5.74) is 6.76. The smallest absolute Gasteiger partial charge is 0.253 e. The van der Waals surface area contributed by atoms with E-state index in [4.69, 9.17) is 10.5 Å². The van der Waals surface area contributed by atoms with Gasteiger partial charge in [-0.25, -0.2) is 0 Å². The standard InChI is InChI=1S/C14H22N2O2/c1-3-4-5-6-9-16-14(17)12-8-7-11(18-2)10-13(12)15/h7-8,10H,3-6,9,15H2,1-2H3,(H,16,17). The third-order valence-corrected chi connectivity index (χ3v) is 2.82. The summed E-state index contributed by atoms with van der Waals surface area (Å²) in [6, 6.07) is 5.09. The maximum atomic E-state index is 11.9. The third kappa shape index (κ3) is 4.28. The fraction of sp³-hybridized carbons (Fsp3) is 0.500. The van der Waals surface area contributed by atoms with Crippen molar-refractivity contribution in [1.82, 2.24) is 5.32 Å². The van der Waals surface area contributed by atoms with Gasteiger partial charge >= 0.3 is 0 Å². The second-order valence-corrected chi connectivity index (χ2v) is 4.27. The van der Waals surface area contributed by atoms with Crippen LogP contribution in [0.5, 0.6) is 5.75 Å². The minimum absolute atomic E-state index is 0.119. The summed E-state index contributed by atoms with van der Waals surface area (Å²) in [6.45, 7) is 2.86. The summed E-state index contributed by atoms with van der Waals surface area (Å²) in [4.78, 5) is 11.9. The third-order valence-electron chi connectivity index (χ3n) is 2.82. The Hall–Kier alpha value is -1.71. The molecule has 0 fully saturated rings. The molecule has 100 valence electrons. The average molecular weight is 250 g/mol. The van der Waals surface area contributed by atoms with E-state index in [0.717, 1.165) is 12.8 Å². The predicted octanol–water partition coefficient (Wildman–Crippen LogP) is 2.59. The number of rotatable bonds is 7. The molecule has 0 bridgehead atoms. The highest BCUT2D eigenvalue weighted by atomic mass is 16.5. The molecule has 3 N–H and O–H groups in total. The van der Waals surface area contributed by atoms with Crippen molar-refractivity contribution in [2.45, 2.75) is 32.6 Å². The number of benzene rings is 1. The molecular formula is C14H22N2O2. The Bertz CT molecular complexity index is 391. The van der Waals surface area contributed by atoms with Crippen molar-refractivity contribution >= 4 is 11.6 Å². The average Bonchev–Trinajstić information content (AvgIpc) is 2.38. The highest BCUT2D eigenvalue weighted by Gasteiger charge is 2.09. The van der Waals surface area contributed by atoms with Gasteiger partial charge in [0.25, 0.3) is 5.91 Å². The number of methoxy groups -OCH3 is 1. The Balaban J connectivity index is 2.46. The van der Waals surface area contributed by atoms with Gasteiger partial charge in [-0.2, -0.15) is 0 Å². The summed E-state index contributed by atoms with van der Waals surface area (Å²) in [7, 11) is 1.57. The Labute approximate surface area is 109 Å². The van der Waals surface area contributed by atoms with E-state index < -0.39 is 0 Å². The van der Waals surface area contributed by atoms with Crippen molar-refractivity contribution in [2.75, 3.05) is 19.4 Å². The number of hydrogen-bond acceptors (Lipinski definition) is 3. The number of ether oxygens (including phenoxy) is 1. The van der Waals surface area contributed by atoms with Crippen LogP contribution in [0, 0.1) is 0 Å². The first-order chi connectivity index (χ1) is 8.69. The van der Waals surface area contributed by atoms with Crippen LogP contribution in [0.4, 0.5) is 5.69 Å². The van der Waals surface area contributed by atoms with E-state index in [1.54, 1.807) is 25.3 Å². The summed E-state index contributed by atoms with van der Waals surface area (Å²) in [5, 5.41) is 2.88. The number of amides is 1. The monoisotopic (exact) mass is 250 g/mol. The van der Waals surface area contributed by atoms with Gasteiger partial charge in [-0.1, -0.05) is 26.2 Å². The summed E-state index contributed by atoms with van der Waals surface area (Å²) in [6.07, 6.45) is 4.56. The molecule has 0 aliphatic carbocycles. The molecule has 0 aromatic heterocycles. The molecule has 1 aromatic carbocycles. The van der Waals surface area contributed by atoms with Crippen LogP contribution >= 0.6 is 0 Å². The number of unbranched alkanes of at least 4 members (excludes halogenated alkanes) is 3. The van der Waals surface area contributed by atoms with E-state index in [9.17, 15) is 4.79 Å². The molecule has 0 radical (unpaired) electrons. The van der Waals surface area contributed by atoms with Crippen molar-refractivity contribution in [3.8, 4) is 5.75 Å². The molecular weight excluding hydrogens is 228 g/mol. The van der Waals surface area contributed by atoms with E-state index in [1.165, 1.54) is 12.8 Å². The molecule has 0 unspecified atom stereocenters. The van der Waals surface area contributed by atoms with Crippen LogP contribution in [0.25, 0.3) is 0 Å². The maximum absolute atomic E-state index is 11.9. The number of carbonyl (C=O) groups is 1. The van der Waals surface area contributed by atoms with Gasteiger partial charge in [0.1, 0.15) is 5.75 Å². The molecule has 1 aromatic rings. The number of carbonyl (C=O) groups excluding carboxylic acids is 1. The van der Waals surface area contributed by atoms with E-state index in [0.29, 0.717) is 23.5 Å². The predicted molar refractivity (Wildman–Crippen MR) is 73.9 cm³/mol. The number of nitrogens with one attached hydrogen (secondary N) is 1. The van der Waals surface area contributed by atoms with E-state index >= 15 is 0 Å². The first kappa shape index (κ1) is 14.4. The van der Waals surface area contributed by atoms with E-state index in [1.807, 2.05) is 0 Å². The normalized spacial score (nSPS) is 10.1. The second-order valence-electron chi connectivity index (χ2n) is 4.27. The lowest BCUT2D eigenvalue weighted by Gasteiger charge is -2.08. The first-order valence-corrected chi connectivity index (χ1v) is 6.40. The minimum Gasteiger partial charge on any atom is -0.497 e. The van der Waals surface area contributed by atoms with Crippen LogP contribution in [-0.4, -0.2) is 19.6 Å². The molecule has 0 atom stereocenters. The highest BCUT2D eigenvalue weighted by molar-refractivity contribution is 5.99. The van der Waals surface area contributed by atoms with Crippen LogP contribution in [0.15, 0.2) is 18.2 Å². The fourth-order valence-corrected chi connectivity index (χ4v) is 1.72. The lowest BCUT2D eigenvalue weighted by Crippen LogP contribution is -2.25. The number of hydrogen-bond donors (Lipinski definition) is 2. The zero-order valence-corrected chi connectivity index (χ0v) is 11.2. The zero-order chi connectivity index (χ0) is 13.4. The van der Waals surface area contributed by atoms with Crippen molar-refractivity contribution < 1.29 is 9.53 Å². The maximum Gasteiger partial charge on any atom is 0.253 e. The summed E-state index contributed by atoms with van der Waals surface area (Å²) >= 11 is 0. The van der Waals surface area contributed by atoms with Gasteiger partial charge < -0.3 is 15.8 Å². The van der Waals surface area contributed by atoms with E-state index in [2.05, 4.69) is 12.2 Å². The SMILES string of the molecule is CCCCCCNC(=O)c1ccc(OC)cc1N. The lowest BCUT2D eigenvalue weighted by atomic mass is 10.1. The van der Waals surface area contributed by atoms with Crippen LogP contribution in [0.3, 0.4) is 0 Å². The molecule has 0 spiro atoms. The van der Waals surface area contributed by atoms with E-state index in [-0.39, 0.29) is 5.91 Å². The molecule has 0 heterocycles. The van der Waals surface area contributed by atoms with Crippen LogP contribution in [-0.2, 0) is 0 Å². The molecule has 0 aliphatic heterocycles.